The standard InChI is InChI=1S/C16H29NO3/c1-3-20-14(18)13-5-9-16(19,10-6-13)12-17-11-15(2)7-4-8-15/h13,17,19H,3-12H2,1-2H3. The molecular formula is C16H29NO3. The summed E-state index contributed by atoms with van der Waals surface area (Å²) in [5.74, 6) is -0.108. The second-order valence-corrected chi connectivity index (χ2v) is 7.02. The largest absolute Gasteiger partial charge is 0.466 e. The Bertz CT molecular complexity index is 331. The number of aliphatic hydroxyl groups is 1. The molecule has 0 unspecified atom stereocenters. The van der Waals surface area contributed by atoms with Crippen molar-refractivity contribution in [1.82, 2.24) is 5.32 Å². The summed E-state index contributed by atoms with van der Waals surface area (Å²) < 4.78 is 5.06. The summed E-state index contributed by atoms with van der Waals surface area (Å²) in [6.07, 6.45) is 6.80. The minimum atomic E-state index is -0.636. The summed E-state index contributed by atoms with van der Waals surface area (Å²) in [5.41, 5.74) is -0.193. The van der Waals surface area contributed by atoms with E-state index in [1.165, 1.54) is 19.3 Å². The van der Waals surface area contributed by atoms with Gasteiger partial charge in [-0.2, -0.15) is 0 Å². The number of rotatable bonds is 6. The van der Waals surface area contributed by atoms with Gasteiger partial charge in [0.15, 0.2) is 0 Å². The number of esters is 1. The second-order valence-electron chi connectivity index (χ2n) is 7.02. The molecule has 0 aliphatic heterocycles. The lowest BCUT2D eigenvalue weighted by Gasteiger charge is -2.41. The van der Waals surface area contributed by atoms with Gasteiger partial charge in [-0.15, -0.1) is 0 Å². The van der Waals surface area contributed by atoms with Crippen LogP contribution in [0.3, 0.4) is 0 Å². The van der Waals surface area contributed by atoms with E-state index in [1.807, 2.05) is 6.92 Å². The maximum Gasteiger partial charge on any atom is 0.308 e. The van der Waals surface area contributed by atoms with Gasteiger partial charge < -0.3 is 15.2 Å². The minimum absolute atomic E-state index is 0.0145. The van der Waals surface area contributed by atoms with Crippen molar-refractivity contribution in [3.63, 3.8) is 0 Å². The average molecular weight is 283 g/mol. The zero-order valence-electron chi connectivity index (χ0n) is 12.9. The molecule has 0 atom stereocenters. The molecular weight excluding hydrogens is 254 g/mol. The molecule has 0 aromatic rings. The zero-order valence-corrected chi connectivity index (χ0v) is 12.9. The molecule has 0 saturated heterocycles. The quantitative estimate of drug-likeness (QED) is 0.734. The molecule has 0 aromatic carbocycles. The van der Waals surface area contributed by atoms with Crippen molar-refractivity contribution in [2.75, 3.05) is 19.7 Å². The number of nitrogens with one attached hydrogen (secondary N) is 1. The highest BCUT2D eigenvalue weighted by Gasteiger charge is 2.37. The van der Waals surface area contributed by atoms with E-state index in [9.17, 15) is 9.90 Å². The fourth-order valence-corrected chi connectivity index (χ4v) is 3.38. The maximum atomic E-state index is 11.7. The van der Waals surface area contributed by atoms with Gasteiger partial charge in [0, 0.05) is 13.1 Å². The van der Waals surface area contributed by atoms with Gasteiger partial charge in [-0.25, -0.2) is 0 Å². The third-order valence-corrected chi connectivity index (χ3v) is 5.10. The molecule has 116 valence electrons. The van der Waals surface area contributed by atoms with E-state index in [2.05, 4.69) is 12.2 Å². The third-order valence-electron chi connectivity index (χ3n) is 5.10. The predicted molar refractivity (Wildman–Crippen MR) is 78.4 cm³/mol. The first-order valence-corrected chi connectivity index (χ1v) is 8.06. The molecule has 0 radical (unpaired) electrons. The van der Waals surface area contributed by atoms with Crippen LogP contribution in [0.4, 0.5) is 0 Å². The Morgan fingerprint density at radius 3 is 2.40 bits per heavy atom. The van der Waals surface area contributed by atoms with Crippen molar-refractivity contribution in [1.29, 1.82) is 0 Å². The summed E-state index contributed by atoms with van der Waals surface area (Å²) >= 11 is 0. The van der Waals surface area contributed by atoms with Gasteiger partial charge >= 0.3 is 5.97 Å². The van der Waals surface area contributed by atoms with Gasteiger partial charge in [0.05, 0.1) is 18.1 Å². The van der Waals surface area contributed by atoms with E-state index >= 15 is 0 Å². The fourth-order valence-electron chi connectivity index (χ4n) is 3.38. The highest BCUT2D eigenvalue weighted by molar-refractivity contribution is 5.72. The highest BCUT2D eigenvalue weighted by atomic mass is 16.5. The highest BCUT2D eigenvalue weighted by Crippen LogP contribution is 2.39. The van der Waals surface area contributed by atoms with Crippen molar-refractivity contribution in [3.8, 4) is 0 Å². The normalized spacial score (nSPS) is 32.5. The molecule has 2 fully saturated rings. The van der Waals surface area contributed by atoms with Crippen LogP contribution in [-0.4, -0.2) is 36.4 Å². The van der Waals surface area contributed by atoms with E-state index in [-0.39, 0.29) is 11.9 Å². The fraction of sp³-hybridized carbons (Fsp3) is 0.938. The van der Waals surface area contributed by atoms with Gasteiger partial charge in [0.1, 0.15) is 0 Å². The number of hydrogen-bond acceptors (Lipinski definition) is 4. The van der Waals surface area contributed by atoms with Crippen LogP contribution in [0, 0.1) is 11.3 Å². The summed E-state index contributed by atoms with van der Waals surface area (Å²) in [4.78, 5) is 11.7. The summed E-state index contributed by atoms with van der Waals surface area (Å²) in [5, 5.41) is 14.0. The van der Waals surface area contributed by atoms with Crippen LogP contribution in [0.1, 0.15) is 58.8 Å². The van der Waals surface area contributed by atoms with E-state index in [0.717, 1.165) is 19.4 Å². The minimum Gasteiger partial charge on any atom is -0.466 e. The molecule has 0 bridgehead atoms. The molecule has 0 aromatic heterocycles. The first-order chi connectivity index (χ1) is 9.46. The molecule has 0 heterocycles. The van der Waals surface area contributed by atoms with Crippen LogP contribution in [-0.2, 0) is 9.53 Å². The summed E-state index contributed by atoms with van der Waals surface area (Å²) in [7, 11) is 0. The maximum absolute atomic E-state index is 11.7. The van der Waals surface area contributed by atoms with Crippen molar-refractivity contribution in [3.05, 3.63) is 0 Å². The van der Waals surface area contributed by atoms with Crippen molar-refractivity contribution in [2.24, 2.45) is 11.3 Å². The Hall–Kier alpha value is -0.610. The van der Waals surface area contributed by atoms with E-state index < -0.39 is 5.60 Å². The average Bonchev–Trinajstić information content (AvgIpc) is 2.37. The molecule has 2 N–H and O–H groups in total. The Kier molecular flexibility index (Phi) is 5.08. The molecule has 2 aliphatic rings. The van der Waals surface area contributed by atoms with E-state index in [1.54, 1.807) is 0 Å². The molecule has 0 amide bonds. The second kappa shape index (κ2) is 6.44. The van der Waals surface area contributed by atoms with Crippen LogP contribution < -0.4 is 5.32 Å². The zero-order chi connectivity index (χ0) is 14.6. The summed E-state index contributed by atoms with van der Waals surface area (Å²) in [6.45, 7) is 6.24. The van der Waals surface area contributed by atoms with Gasteiger partial charge in [-0.3, -0.25) is 4.79 Å². The molecule has 4 heteroatoms. The topological polar surface area (TPSA) is 58.6 Å². The molecule has 2 saturated carbocycles. The number of carbonyl (C=O) groups is 1. The Balaban J connectivity index is 1.69. The van der Waals surface area contributed by atoms with Crippen molar-refractivity contribution < 1.29 is 14.6 Å². The van der Waals surface area contributed by atoms with Crippen molar-refractivity contribution in [2.45, 2.75) is 64.4 Å². The van der Waals surface area contributed by atoms with Crippen LogP contribution in [0.5, 0.6) is 0 Å². The third kappa shape index (κ3) is 3.95. The predicted octanol–water partition coefficient (Wildman–Crippen LogP) is 2.25. The first-order valence-electron chi connectivity index (χ1n) is 8.06. The number of carbonyl (C=O) groups excluding carboxylic acids is 1. The number of ether oxygens (including phenoxy) is 1. The molecule has 2 aliphatic carbocycles. The van der Waals surface area contributed by atoms with Crippen molar-refractivity contribution >= 4 is 5.97 Å². The Morgan fingerprint density at radius 2 is 1.90 bits per heavy atom. The number of hydrogen-bond donors (Lipinski definition) is 2. The van der Waals surface area contributed by atoms with E-state index in [4.69, 9.17) is 4.74 Å². The monoisotopic (exact) mass is 283 g/mol. The Morgan fingerprint density at radius 1 is 1.25 bits per heavy atom. The smallest absolute Gasteiger partial charge is 0.308 e. The van der Waals surface area contributed by atoms with Gasteiger partial charge in [-0.05, 0) is 50.9 Å². The van der Waals surface area contributed by atoms with Crippen LogP contribution in [0.15, 0.2) is 0 Å². The molecule has 0 spiro atoms. The van der Waals surface area contributed by atoms with Gasteiger partial charge in [-0.1, -0.05) is 13.3 Å². The van der Waals surface area contributed by atoms with E-state index in [0.29, 0.717) is 31.4 Å². The van der Waals surface area contributed by atoms with Crippen LogP contribution >= 0.6 is 0 Å². The van der Waals surface area contributed by atoms with Crippen LogP contribution in [0.25, 0.3) is 0 Å². The molecule has 2 rings (SSSR count). The lowest BCUT2D eigenvalue weighted by molar-refractivity contribution is -0.151. The molecule has 20 heavy (non-hydrogen) atoms. The molecule has 4 nitrogen and oxygen atoms in total. The van der Waals surface area contributed by atoms with Crippen LogP contribution in [0.2, 0.25) is 0 Å². The SMILES string of the molecule is CCOC(=O)C1CCC(O)(CNCC2(C)CCC2)CC1. The van der Waals surface area contributed by atoms with Gasteiger partial charge in [0.25, 0.3) is 0 Å². The lowest BCUT2D eigenvalue weighted by Crippen LogP contribution is -2.47. The first kappa shape index (κ1) is 15.8. The lowest BCUT2D eigenvalue weighted by atomic mass is 9.70. The summed E-state index contributed by atoms with van der Waals surface area (Å²) in [6, 6.07) is 0. The Labute approximate surface area is 122 Å². The van der Waals surface area contributed by atoms with Gasteiger partial charge in [0.2, 0.25) is 0 Å².